The van der Waals surface area contributed by atoms with Crippen molar-refractivity contribution < 1.29 is 9.18 Å². The van der Waals surface area contributed by atoms with Gasteiger partial charge in [-0.15, -0.1) is 0 Å². The number of aryl methyl sites for hydroxylation is 1. The van der Waals surface area contributed by atoms with E-state index in [2.05, 4.69) is 10.3 Å². The molecule has 0 radical (unpaired) electrons. The summed E-state index contributed by atoms with van der Waals surface area (Å²) in [6, 6.07) is 10.8. The fourth-order valence-corrected chi connectivity index (χ4v) is 2.86. The molecule has 3 aromatic rings. The normalized spacial score (nSPS) is 13.8. The highest BCUT2D eigenvalue weighted by Gasteiger charge is 2.29. The zero-order chi connectivity index (χ0) is 17.6. The summed E-state index contributed by atoms with van der Waals surface area (Å²) in [7, 11) is 0. The molecule has 6 heteroatoms. The number of nitrogens with zero attached hydrogens (tertiary/aromatic N) is 2. The van der Waals surface area contributed by atoms with Gasteiger partial charge >= 0.3 is 0 Å². The van der Waals surface area contributed by atoms with E-state index >= 15 is 0 Å². The van der Waals surface area contributed by atoms with Crippen LogP contribution in [0, 0.1) is 18.7 Å². The van der Waals surface area contributed by atoms with Crippen molar-refractivity contribution in [1.29, 1.82) is 0 Å². The quantitative estimate of drug-likeness (QED) is 0.798. The number of fused-ring (bicyclic) bond motifs is 1. The SMILES string of the molecule is Cc1nc2ccc(NC(=O)C3CC3)cc2c(=O)n1-c1ccc(F)cc1. The van der Waals surface area contributed by atoms with Gasteiger partial charge in [0, 0.05) is 11.6 Å². The van der Waals surface area contributed by atoms with Crippen molar-refractivity contribution in [2.45, 2.75) is 19.8 Å². The molecule has 1 saturated carbocycles. The van der Waals surface area contributed by atoms with Crippen LogP contribution in [0.4, 0.5) is 10.1 Å². The number of carbonyl (C=O) groups excluding carboxylic acids is 1. The minimum absolute atomic E-state index is 0.0155. The lowest BCUT2D eigenvalue weighted by Gasteiger charge is -2.12. The van der Waals surface area contributed by atoms with Crippen molar-refractivity contribution in [3.8, 4) is 5.69 Å². The first-order chi connectivity index (χ1) is 12.0. The van der Waals surface area contributed by atoms with Crippen LogP contribution in [0.5, 0.6) is 0 Å². The van der Waals surface area contributed by atoms with E-state index in [-0.39, 0.29) is 23.2 Å². The number of aromatic nitrogens is 2. The van der Waals surface area contributed by atoms with Crippen LogP contribution >= 0.6 is 0 Å². The van der Waals surface area contributed by atoms with Gasteiger partial charge < -0.3 is 5.32 Å². The molecule has 1 fully saturated rings. The summed E-state index contributed by atoms with van der Waals surface area (Å²) in [5.41, 5.74) is 1.44. The number of benzene rings is 2. The van der Waals surface area contributed by atoms with E-state index < -0.39 is 0 Å². The summed E-state index contributed by atoms with van der Waals surface area (Å²) in [5.74, 6) is 0.216. The van der Waals surface area contributed by atoms with Crippen molar-refractivity contribution in [1.82, 2.24) is 9.55 Å². The molecule has 1 aromatic heterocycles. The van der Waals surface area contributed by atoms with Crippen molar-refractivity contribution >= 4 is 22.5 Å². The molecule has 2 aromatic carbocycles. The molecule has 0 bridgehead atoms. The Morgan fingerprint density at radius 1 is 1.20 bits per heavy atom. The van der Waals surface area contributed by atoms with Gasteiger partial charge in [0.25, 0.3) is 5.56 Å². The number of rotatable bonds is 3. The molecule has 1 N–H and O–H groups in total. The number of carbonyl (C=O) groups is 1. The van der Waals surface area contributed by atoms with Gasteiger partial charge in [0.05, 0.1) is 16.6 Å². The smallest absolute Gasteiger partial charge is 0.266 e. The fraction of sp³-hybridized carbons (Fsp3) is 0.211. The molecule has 25 heavy (non-hydrogen) atoms. The summed E-state index contributed by atoms with van der Waals surface area (Å²) >= 11 is 0. The van der Waals surface area contributed by atoms with Crippen LogP contribution in [0.15, 0.2) is 47.3 Å². The van der Waals surface area contributed by atoms with Gasteiger partial charge in [0.15, 0.2) is 0 Å². The first kappa shape index (κ1) is 15.5. The average Bonchev–Trinajstić information content (AvgIpc) is 3.42. The van der Waals surface area contributed by atoms with E-state index in [4.69, 9.17) is 0 Å². The van der Waals surface area contributed by atoms with Crippen LogP contribution in [0.3, 0.4) is 0 Å². The molecule has 1 aliphatic rings. The minimum Gasteiger partial charge on any atom is -0.326 e. The van der Waals surface area contributed by atoms with Gasteiger partial charge in [0.1, 0.15) is 11.6 Å². The number of hydrogen-bond donors (Lipinski definition) is 1. The van der Waals surface area contributed by atoms with Crippen LogP contribution in [0.1, 0.15) is 18.7 Å². The Morgan fingerprint density at radius 3 is 2.60 bits per heavy atom. The van der Waals surface area contributed by atoms with Crippen molar-refractivity contribution in [2.75, 3.05) is 5.32 Å². The second kappa shape index (κ2) is 5.81. The second-order valence-electron chi connectivity index (χ2n) is 6.27. The molecule has 0 saturated heterocycles. The standard InChI is InChI=1S/C19H16FN3O2/c1-11-21-17-9-6-14(22-18(24)12-2-3-12)10-16(17)19(25)23(11)15-7-4-13(20)5-8-15/h4-10,12H,2-3H2,1H3,(H,22,24). The van der Waals surface area contributed by atoms with Crippen molar-refractivity contribution in [3.63, 3.8) is 0 Å². The van der Waals surface area contributed by atoms with E-state index in [1.165, 1.54) is 28.8 Å². The summed E-state index contributed by atoms with van der Waals surface area (Å²) < 4.78 is 14.6. The van der Waals surface area contributed by atoms with Gasteiger partial charge in [-0.2, -0.15) is 0 Å². The largest absolute Gasteiger partial charge is 0.326 e. The monoisotopic (exact) mass is 337 g/mol. The summed E-state index contributed by atoms with van der Waals surface area (Å²) in [6.07, 6.45) is 1.83. The molecule has 0 atom stereocenters. The molecule has 1 heterocycles. The highest BCUT2D eigenvalue weighted by atomic mass is 19.1. The molecule has 0 aliphatic heterocycles. The van der Waals surface area contributed by atoms with Crippen LogP contribution in [-0.4, -0.2) is 15.5 Å². The van der Waals surface area contributed by atoms with Gasteiger partial charge in [-0.1, -0.05) is 0 Å². The van der Waals surface area contributed by atoms with E-state index in [1.54, 1.807) is 25.1 Å². The molecule has 1 aliphatic carbocycles. The zero-order valence-electron chi connectivity index (χ0n) is 13.6. The molecule has 0 spiro atoms. The number of halogens is 1. The predicted molar refractivity (Wildman–Crippen MR) is 93.4 cm³/mol. The number of amides is 1. The Balaban J connectivity index is 1.82. The molecule has 126 valence electrons. The molecule has 5 nitrogen and oxygen atoms in total. The van der Waals surface area contributed by atoms with Crippen LogP contribution < -0.4 is 10.9 Å². The zero-order valence-corrected chi connectivity index (χ0v) is 13.6. The maximum atomic E-state index is 13.2. The van der Waals surface area contributed by atoms with Gasteiger partial charge in [-0.25, -0.2) is 9.37 Å². The Labute approximate surface area is 143 Å². The Bertz CT molecular complexity index is 1040. The maximum absolute atomic E-state index is 13.2. The number of hydrogen-bond acceptors (Lipinski definition) is 3. The predicted octanol–water partition coefficient (Wildman–Crippen LogP) is 3.18. The van der Waals surface area contributed by atoms with Gasteiger partial charge in [-0.3, -0.25) is 14.2 Å². The number of nitrogens with one attached hydrogen (secondary N) is 1. The van der Waals surface area contributed by atoms with Crippen LogP contribution in [-0.2, 0) is 4.79 Å². The molecule has 4 rings (SSSR count). The average molecular weight is 337 g/mol. The van der Waals surface area contributed by atoms with E-state index in [0.29, 0.717) is 28.1 Å². The third-order valence-corrected chi connectivity index (χ3v) is 4.34. The summed E-state index contributed by atoms with van der Waals surface area (Å²) in [4.78, 5) is 29.3. The number of anilines is 1. The Morgan fingerprint density at radius 2 is 1.92 bits per heavy atom. The fourth-order valence-electron chi connectivity index (χ4n) is 2.86. The summed E-state index contributed by atoms with van der Waals surface area (Å²) in [6.45, 7) is 1.73. The molecular weight excluding hydrogens is 321 g/mol. The Kier molecular flexibility index (Phi) is 3.60. The van der Waals surface area contributed by atoms with Gasteiger partial charge in [-0.05, 0) is 62.2 Å². The van der Waals surface area contributed by atoms with Gasteiger partial charge in [0.2, 0.25) is 5.91 Å². The van der Waals surface area contributed by atoms with E-state index in [9.17, 15) is 14.0 Å². The molecular formula is C19H16FN3O2. The third kappa shape index (κ3) is 2.91. The van der Waals surface area contributed by atoms with Crippen LogP contribution in [0.2, 0.25) is 0 Å². The third-order valence-electron chi connectivity index (χ3n) is 4.34. The summed E-state index contributed by atoms with van der Waals surface area (Å²) in [5, 5.41) is 3.25. The first-order valence-electron chi connectivity index (χ1n) is 8.13. The Hall–Kier alpha value is -3.02. The van der Waals surface area contributed by atoms with Crippen molar-refractivity contribution in [3.05, 3.63) is 64.5 Å². The lowest BCUT2D eigenvalue weighted by atomic mass is 10.2. The lowest BCUT2D eigenvalue weighted by molar-refractivity contribution is -0.117. The highest BCUT2D eigenvalue weighted by molar-refractivity contribution is 5.96. The van der Waals surface area contributed by atoms with Crippen molar-refractivity contribution in [2.24, 2.45) is 5.92 Å². The highest BCUT2D eigenvalue weighted by Crippen LogP contribution is 2.30. The second-order valence-corrected chi connectivity index (χ2v) is 6.27. The van der Waals surface area contributed by atoms with E-state index in [0.717, 1.165) is 12.8 Å². The lowest BCUT2D eigenvalue weighted by Crippen LogP contribution is -2.22. The topological polar surface area (TPSA) is 64.0 Å². The van der Waals surface area contributed by atoms with Crippen LogP contribution in [0.25, 0.3) is 16.6 Å². The van der Waals surface area contributed by atoms with E-state index in [1.807, 2.05) is 0 Å². The molecule has 0 unspecified atom stereocenters. The first-order valence-corrected chi connectivity index (χ1v) is 8.13. The minimum atomic E-state index is -0.367. The molecule has 1 amide bonds. The maximum Gasteiger partial charge on any atom is 0.266 e.